The Morgan fingerprint density at radius 1 is 1.04 bits per heavy atom. The fourth-order valence-corrected chi connectivity index (χ4v) is 3.72. The van der Waals surface area contributed by atoms with Crippen LogP contribution in [-0.2, 0) is 12.8 Å². The van der Waals surface area contributed by atoms with Crippen LogP contribution in [-0.4, -0.2) is 16.3 Å². The maximum atomic E-state index is 5.04. The first-order valence-corrected chi connectivity index (χ1v) is 9.18. The zero-order valence-corrected chi connectivity index (χ0v) is 15.0. The summed E-state index contributed by atoms with van der Waals surface area (Å²) in [5.74, 6) is 1.19. The Kier molecular flexibility index (Phi) is 4.31. The molecule has 1 aliphatic rings. The molecule has 128 valence electrons. The van der Waals surface area contributed by atoms with Crippen molar-refractivity contribution in [1.29, 1.82) is 0 Å². The predicted octanol–water partition coefficient (Wildman–Crippen LogP) is 4.83. The molecular weight excluding hydrogens is 306 g/mol. The third-order valence-electron chi connectivity index (χ3n) is 5.01. The second kappa shape index (κ2) is 6.75. The van der Waals surface area contributed by atoms with E-state index in [2.05, 4.69) is 72.4 Å². The van der Waals surface area contributed by atoms with E-state index in [1.165, 1.54) is 52.3 Å². The van der Waals surface area contributed by atoms with E-state index in [1.807, 2.05) is 0 Å². The van der Waals surface area contributed by atoms with E-state index in [-0.39, 0.29) is 0 Å². The first kappa shape index (κ1) is 15.9. The minimum absolute atomic E-state index is 0.892. The summed E-state index contributed by atoms with van der Waals surface area (Å²) in [6.45, 7) is 5.33. The van der Waals surface area contributed by atoms with Crippen molar-refractivity contribution in [1.82, 2.24) is 9.78 Å². The molecule has 3 aromatic rings. The molecule has 0 bridgehead atoms. The molecule has 0 saturated heterocycles. The monoisotopic (exact) mass is 331 g/mol. The van der Waals surface area contributed by atoms with Crippen molar-refractivity contribution in [3.63, 3.8) is 0 Å². The number of hydrogen-bond donors (Lipinski definition) is 1. The predicted molar refractivity (Wildman–Crippen MR) is 104 cm³/mol. The van der Waals surface area contributed by atoms with Crippen molar-refractivity contribution in [2.45, 2.75) is 39.5 Å². The van der Waals surface area contributed by atoms with Gasteiger partial charge in [0.05, 0.1) is 11.4 Å². The SMILES string of the molecule is Cc1ccc(-n2nc(Cc3ccccc3)c3c2NCCCC3)c(C)c1. The van der Waals surface area contributed by atoms with Gasteiger partial charge in [-0.25, -0.2) is 4.68 Å². The van der Waals surface area contributed by atoms with Crippen LogP contribution in [0.4, 0.5) is 5.82 Å². The molecule has 0 amide bonds. The van der Waals surface area contributed by atoms with Gasteiger partial charge in [0.25, 0.3) is 0 Å². The van der Waals surface area contributed by atoms with Gasteiger partial charge in [0.15, 0.2) is 0 Å². The molecule has 0 atom stereocenters. The second-order valence-corrected chi connectivity index (χ2v) is 7.02. The number of aryl methyl sites for hydroxylation is 2. The van der Waals surface area contributed by atoms with Crippen LogP contribution in [0.5, 0.6) is 0 Å². The number of nitrogens with zero attached hydrogens (tertiary/aromatic N) is 2. The van der Waals surface area contributed by atoms with Crippen molar-refractivity contribution in [3.8, 4) is 5.69 Å². The van der Waals surface area contributed by atoms with Gasteiger partial charge in [0.1, 0.15) is 5.82 Å². The number of fused-ring (bicyclic) bond motifs is 1. The van der Waals surface area contributed by atoms with E-state index in [9.17, 15) is 0 Å². The quantitative estimate of drug-likeness (QED) is 0.745. The molecule has 0 radical (unpaired) electrons. The largest absolute Gasteiger partial charge is 0.370 e. The summed E-state index contributed by atoms with van der Waals surface area (Å²) in [5.41, 5.74) is 7.65. The first-order valence-electron chi connectivity index (χ1n) is 9.18. The lowest BCUT2D eigenvalue weighted by Crippen LogP contribution is -2.08. The van der Waals surface area contributed by atoms with Crippen LogP contribution in [0.2, 0.25) is 0 Å². The van der Waals surface area contributed by atoms with Crippen LogP contribution < -0.4 is 5.32 Å². The Morgan fingerprint density at radius 3 is 2.68 bits per heavy atom. The Balaban J connectivity index is 1.81. The topological polar surface area (TPSA) is 29.9 Å². The number of benzene rings is 2. The molecule has 1 aromatic heterocycles. The van der Waals surface area contributed by atoms with Gasteiger partial charge in [-0.3, -0.25) is 0 Å². The molecule has 25 heavy (non-hydrogen) atoms. The molecule has 0 fully saturated rings. The molecule has 0 unspecified atom stereocenters. The smallest absolute Gasteiger partial charge is 0.133 e. The molecule has 4 rings (SSSR count). The summed E-state index contributed by atoms with van der Waals surface area (Å²) in [4.78, 5) is 0. The van der Waals surface area contributed by atoms with Crippen molar-refractivity contribution < 1.29 is 0 Å². The van der Waals surface area contributed by atoms with Gasteiger partial charge >= 0.3 is 0 Å². The van der Waals surface area contributed by atoms with Crippen molar-refractivity contribution in [2.24, 2.45) is 0 Å². The number of anilines is 1. The number of rotatable bonds is 3. The zero-order valence-electron chi connectivity index (χ0n) is 15.0. The molecule has 3 nitrogen and oxygen atoms in total. The van der Waals surface area contributed by atoms with Gasteiger partial charge in [0.2, 0.25) is 0 Å². The molecule has 1 N–H and O–H groups in total. The lowest BCUT2D eigenvalue weighted by molar-refractivity contribution is 0.767. The van der Waals surface area contributed by atoms with E-state index >= 15 is 0 Å². The summed E-state index contributed by atoms with van der Waals surface area (Å²) in [6.07, 6.45) is 4.44. The van der Waals surface area contributed by atoms with E-state index < -0.39 is 0 Å². The van der Waals surface area contributed by atoms with Crippen molar-refractivity contribution >= 4 is 5.82 Å². The third kappa shape index (κ3) is 3.19. The number of aromatic nitrogens is 2. The van der Waals surface area contributed by atoms with Crippen molar-refractivity contribution in [3.05, 3.63) is 76.5 Å². The number of hydrogen-bond acceptors (Lipinski definition) is 2. The Hall–Kier alpha value is -2.55. The van der Waals surface area contributed by atoms with Crippen LogP contribution >= 0.6 is 0 Å². The molecule has 1 aliphatic heterocycles. The summed E-state index contributed by atoms with van der Waals surface area (Å²) in [5, 5.41) is 8.68. The standard InChI is InChI=1S/C22H25N3/c1-16-11-12-21(17(2)14-16)25-22-19(10-6-7-13-23-22)20(24-25)15-18-8-4-3-5-9-18/h3-5,8-9,11-12,14,23H,6-7,10,13,15H2,1-2H3. The maximum absolute atomic E-state index is 5.04. The van der Waals surface area contributed by atoms with E-state index in [4.69, 9.17) is 5.10 Å². The molecule has 0 spiro atoms. The van der Waals surface area contributed by atoms with Crippen LogP contribution in [0.1, 0.15) is 40.8 Å². The van der Waals surface area contributed by atoms with Crippen molar-refractivity contribution in [2.75, 3.05) is 11.9 Å². The average molecular weight is 331 g/mol. The normalized spacial score (nSPS) is 13.8. The first-order chi connectivity index (χ1) is 12.2. The molecule has 0 aliphatic carbocycles. The number of nitrogens with one attached hydrogen (secondary N) is 1. The highest BCUT2D eigenvalue weighted by Gasteiger charge is 2.21. The fraction of sp³-hybridized carbons (Fsp3) is 0.318. The van der Waals surface area contributed by atoms with E-state index in [0.29, 0.717) is 0 Å². The molecular formula is C22H25N3. The Morgan fingerprint density at radius 2 is 1.88 bits per heavy atom. The summed E-state index contributed by atoms with van der Waals surface area (Å²) in [6, 6.07) is 17.2. The van der Waals surface area contributed by atoms with Crippen LogP contribution in [0.3, 0.4) is 0 Å². The van der Waals surface area contributed by atoms with Gasteiger partial charge < -0.3 is 5.32 Å². The minimum Gasteiger partial charge on any atom is -0.370 e. The molecule has 0 saturated carbocycles. The van der Waals surface area contributed by atoms with Crippen LogP contribution in [0.25, 0.3) is 5.69 Å². The summed E-state index contributed by atoms with van der Waals surface area (Å²) < 4.78 is 2.13. The second-order valence-electron chi connectivity index (χ2n) is 7.02. The van der Waals surface area contributed by atoms with Gasteiger partial charge in [-0.05, 0) is 50.3 Å². The lowest BCUT2D eigenvalue weighted by atomic mass is 10.0. The van der Waals surface area contributed by atoms with Gasteiger partial charge in [-0.15, -0.1) is 0 Å². The molecule has 2 aromatic carbocycles. The van der Waals surface area contributed by atoms with Gasteiger partial charge in [-0.1, -0.05) is 48.0 Å². The van der Waals surface area contributed by atoms with Gasteiger partial charge in [-0.2, -0.15) is 5.10 Å². The highest BCUT2D eigenvalue weighted by molar-refractivity contribution is 5.57. The fourth-order valence-electron chi connectivity index (χ4n) is 3.72. The zero-order chi connectivity index (χ0) is 17.2. The highest BCUT2D eigenvalue weighted by atomic mass is 15.3. The summed E-state index contributed by atoms with van der Waals surface area (Å²) in [7, 11) is 0. The Labute approximate surface area is 149 Å². The van der Waals surface area contributed by atoms with E-state index in [1.54, 1.807) is 0 Å². The average Bonchev–Trinajstić information content (AvgIpc) is 2.79. The van der Waals surface area contributed by atoms with E-state index in [0.717, 1.165) is 19.4 Å². The lowest BCUT2D eigenvalue weighted by Gasteiger charge is -2.12. The summed E-state index contributed by atoms with van der Waals surface area (Å²) >= 11 is 0. The molecule has 3 heteroatoms. The maximum Gasteiger partial charge on any atom is 0.133 e. The highest BCUT2D eigenvalue weighted by Crippen LogP contribution is 2.30. The van der Waals surface area contributed by atoms with Gasteiger partial charge in [0, 0.05) is 18.5 Å². The minimum atomic E-state index is 0.892. The Bertz CT molecular complexity index is 878. The third-order valence-corrected chi connectivity index (χ3v) is 5.01. The van der Waals surface area contributed by atoms with Crippen LogP contribution in [0, 0.1) is 13.8 Å². The van der Waals surface area contributed by atoms with Crippen LogP contribution in [0.15, 0.2) is 48.5 Å². The molecule has 2 heterocycles.